The van der Waals surface area contributed by atoms with Crippen LogP contribution in [0.2, 0.25) is 0 Å². The zero-order chi connectivity index (χ0) is 24.8. The second-order valence-electron chi connectivity index (χ2n) is 9.57. The van der Waals surface area contributed by atoms with E-state index in [0.717, 1.165) is 5.56 Å². The molecule has 2 N–H and O–H groups in total. The van der Waals surface area contributed by atoms with E-state index < -0.39 is 33.7 Å². The Bertz CT molecular complexity index is 1250. The Balaban J connectivity index is 1.59. The summed E-state index contributed by atoms with van der Waals surface area (Å²) in [5.41, 5.74) is 1.65. The second-order valence-corrected chi connectivity index (χ2v) is 11.3. The van der Waals surface area contributed by atoms with Crippen molar-refractivity contribution in [2.45, 2.75) is 52.0 Å². The predicted octanol–water partition coefficient (Wildman–Crippen LogP) is 1.74. The molecule has 0 bridgehead atoms. The van der Waals surface area contributed by atoms with Gasteiger partial charge in [0.2, 0.25) is 11.8 Å². The van der Waals surface area contributed by atoms with Crippen LogP contribution in [0.25, 0.3) is 0 Å². The van der Waals surface area contributed by atoms with Gasteiger partial charge in [0.25, 0.3) is 10.2 Å². The zero-order valence-corrected chi connectivity index (χ0v) is 20.5. The summed E-state index contributed by atoms with van der Waals surface area (Å²) in [6.45, 7) is 6.39. The quantitative estimate of drug-likeness (QED) is 0.628. The maximum Gasteiger partial charge on any atom is 0.434 e. The number of H-pyrrole nitrogens is 1. The van der Waals surface area contributed by atoms with Gasteiger partial charge in [-0.15, -0.1) is 5.10 Å². The van der Waals surface area contributed by atoms with E-state index in [4.69, 9.17) is 4.42 Å². The third-order valence-corrected chi connectivity index (χ3v) is 8.93. The molecule has 1 aromatic heterocycles. The van der Waals surface area contributed by atoms with Crippen LogP contribution in [0, 0.1) is 25.1 Å². The van der Waals surface area contributed by atoms with Gasteiger partial charge in [-0.3, -0.25) is 4.79 Å². The molecule has 0 aliphatic carbocycles. The number of aromatic amines is 1. The Hall–Kier alpha value is -2.57. The van der Waals surface area contributed by atoms with Crippen molar-refractivity contribution in [3.05, 3.63) is 51.1 Å². The molecule has 2 fully saturated rings. The number of aromatic nitrogens is 2. The predicted molar refractivity (Wildman–Crippen MR) is 122 cm³/mol. The average molecular weight is 496 g/mol. The van der Waals surface area contributed by atoms with Crippen LogP contribution >= 0.6 is 0 Å². The summed E-state index contributed by atoms with van der Waals surface area (Å²) in [6, 6.07) is 1.88. The molecule has 0 saturated carbocycles. The number of carbonyl (C=O) groups is 1. The Morgan fingerprint density at radius 2 is 1.91 bits per heavy atom. The van der Waals surface area contributed by atoms with E-state index in [1.807, 2.05) is 6.92 Å². The van der Waals surface area contributed by atoms with E-state index in [0.29, 0.717) is 36.9 Å². The van der Waals surface area contributed by atoms with Gasteiger partial charge in [0.1, 0.15) is 11.9 Å². The summed E-state index contributed by atoms with van der Waals surface area (Å²) in [5, 5.41) is 5.98. The van der Waals surface area contributed by atoms with Gasteiger partial charge in [0.15, 0.2) is 0 Å². The largest absolute Gasteiger partial charge is 0.434 e. The fourth-order valence-electron chi connectivity index (χ4n) is 5.14. The number of likely N-dealkylation sites (tertiary alicyclic amines) is 1. The number of benzene rings is 1. The summed E-state index contributed by atoms with van der Waals surface area (Å²) in [7, 11) is -2.28. The van der Waals surface area contributed by atoms with Crippen LogP contribution in [-0.4, -0.2) is 60.4 Å². The lowest BCUT2D eigenvalue weighted by Crippen LogP contribution is -2.49. The van der Waals surface area contributed by atoms with Gasteiger partial charge in [-0.25, -0.2) is 14.3 Å². The normalized spacial score (nSPS) is 20.7. The number of hydrogen-bond donors (Lipinski definition) is 2. The van der Waals surface area contributed by atoms with Gasteiger partial charge in [-0.2, -0.15) is 17.4 Å². The van der Waals surface area contributed by atoms with Crippen LogP contribution in [0.5, 0.6) is 0 Å². The van der Waals surface area contributed by atoms with E-state index in [1.54, 1.807) is 31.9 Å². The van der Waals surface area contributed by atoms with E-state index in [1.165, 1.54) is 10.4 Å². The smallest absolute Gasteiger partial charge is 0.391 e. The Kier molecular flexibility index (Phi) is 6.42. The van der Waals surface area contributed by atoms with Crippen LogP contribution in [0.4, 0.5) is 4.39 Å². The molecule has 4 rings (SSSR count). The number of rotatable bonds is 6. The lowest BCUT2D eigenvalue weighted by Gasteiger charge is -2.38. The number of nitrogens with zero attached hydrogens (tertiary/aromatic N) is 3. The van der Waals surface area contributed by atoms with Gasteiger partial charge in [0.05, 0.1) is 0 Å². The van der Waals surface area contributed by atoms with Gasteiger partial charge < -0.3 is 9.32 Å². The van der Waals surface area contributed by atoms with Crippen molar-refractivity contribution in [2.24, 2.45) is 5.41 Å². The number of hydrogen-bond acceptors (Lipinski definition) is 6. The van der Waals surface area contributed by atoms with Gasteiger partial charge in [-0.1, -0.05) is 13.0 Å². The number of halogens is 1. The Morgan fingerprint density at radius 3 is 2.47 bits per heavy atom. The highest BCUT2D eigenvalue weighted by atomic mass is 32.2. The van der Waals surface area contributed by atoms with Crippen molar-refractivity contribution in [1.82, 2.24) is 24.1 Å². The highest BCUT2D eigenvalue weighted by Gasteiger charge is 2.46. The lowest BCUT2D eigenvalue weighted by molar-refractivity contribution is -0.126. The van der Waals surface area contributed by atoms with Crippen LogP contribution in [0.1, 0.15) is 60.7 Å². The van der Waals surface area contributed by atoms with E-state index >= 15 is 0 Å². The molecule has 1 spiro atoms. The molecular formula is C22H30FN5O5S. The molecule has 2 aromatic rings. The molecule has 12 heteroatoms. The first kappa shape index (κ1) is 24.6. The van der Waals surface area contributed by atoms with Gasteiger partial charge in [-0.05, 0) is 54.9 Å². The first-order chi connectivity index (χ1) is 15.9. The molecule has 1 amide bonds. The highest BCUT2D eigenvalue weighted by molar-refractivity contribution is 7.87. The molecular weight excluding hydrogens is 465 g/mol. The first-order valence-corrected chi connectivity index (χ1v) is 12.7. The maximum absolute atomic E-state index is 14.8. The van der Waals surface area contributed by atoms with Crippen LogP contribution in [0.3, 0.4) is 0 Å². The van der Waals surface area contributed by atoms with Crippen LogP contribution in [-0.2, 0) is 15.0 Å². The zero-order valence-electron chi connectivity index (χ0n) is 19.7. The first-order valence-electron chi connectivity index (χ1n) is 11.2. The van der Waals surface area contributed by atoms with Crippen molar-refractivity contribution < 1.29 is 22.0 Å². The summed E-state index contributed by atoms with van der Waals surface area (Å²) < 4.78 is 50.6. The number of amides is 1. The molecule has 0 radical (unpaired) electrons. The summed E-state index contributed by atoms with van der Waals surface area (Å²) in [5.74, 6) is -2.13. The van der Waals surface area contributed by atoms with Crippen molar-refractivity contribution in [3.8, 4) is 0 Å². The molecule has 2 aliphatic heterocycles. The lowest BCUT2D eigenvalue weighted by atomic mass is 9.78. The summed E-state index contributed by atoms with van der Waals surface area (Å²) in [6.07, 6.45) is 1.55. The topological polar surface area (TPSA) is 129 Å². The van der Waals surface area contributed by atoms with Crippen molar-refractivity contribution in [2.75, 3.05) is 26.7 Å². The minimum Gasteiger partial charge on any atom is -0.391 e. The maximum atomic E-state index is 14.8. The standard InChI is InChI=1S/C22H30FN5O5S/c1-13-5-6-16(23)18(14(13)2)15(3)19(20-24-25-21(30)33-20)26-34(31,32)28-9-7-22(8-10-28)11-17(29)27(4)12-22/h5-6,15,19,26H,7-12H2,1-4H3,(H,25,30)/t15-,19-/m0/s1. The van der Waals surface area contributed by atoms with E-state index in [2.05, 4.69) is 14.9 Å². The van der Waals surface area contributed by atoms with Crippen molar-refractivity contribution in [3.63, 3.8) is 0 Å². The molecule has 2 saturated heterocycles. The van der Waals surface area contributed by atoms with Crippen molar-refractivity contribution in [1.29, 1.82) is 0 Å². The molecule has 2 atom stereocenters. The minimum atomic E-state index is -4.04. The van der Waals surface area contributed by atoms with Crippen LogP contribution < -0.4 is 10.5 Å². The number of carbonyl (C=O) groups excluding carboxylic acids is 1. The number of nitrogens with one attached hydrogen (secondary N) is 2. The minimum absolute atomic E-state index is 0.0763. The summed E-state index contributed by atoms with van der Waals surface area (Å²) >= 11 is 0. The SMILES string of the molecule is Cc1ccc(F)c([C@H](C)[C@H](NS(=O)(=O)N2CCC3(CC2)CC(=O)N(C)C3)c2n[nH]c(=O)o2)c1C. The van der Waals surface area contributed by atoms with Crippen molar-refractivity contribution >= 4 is 16.1 Å². The molecule has 3 heterocycles. The molecule has 186 valence electrons. The third-order valence-electron chi connectivity index (χ3n) is 7.33. The fraction of sp³-hybridized carbons (Fsp3) is 0.591. The average Bonchev–Trinajstić information content (AvgIpc) is 3.32. The summed E-state index contributed by atoms with van der Waals surface area (Å²) in [4.78, 5) is 25.3. The number of aryl methyl sites for hydroxylation is 1. The molecule has 0 unspecified atom stereocenters. The molecule has 1 aromatic carbocycles. The third kappa shape index (κ3) is 4.53. The van der Waals surface area contributed by atoms with Gasteiger partial charge >= 0.3 is 5.76 Å². The highest BCUT2D eigenvalue weighted by Crippen LogP contribution is 2.41. The fourth-order valence-corrected chi connectivity index (χ4v) is 6.58. The number of piperidine rings is 1. The molecule has 10 nitrogen and oxygen atoms in total. The molecule has 34 heavy (non-hydrogen) atoms. The monoisotopic (exact) mass is 495 g/mol. The van der Waals surface area contributed by atoms with E-state index in [9.17, 15) is 22.4 Å². The van der Waals surface area contributed by atoms with Gasteiger partial charge in [0, 0.05) is 39.0 Å². The Labute approximate surface area is 197 Å². The van der Waals surface area contributed by atoms with E-state index in [-0.39, 0.29) is 30.3 Å². The van der Waals surface area contributed by atoms with Crippen LogP contribution in [0.15, 0.2) is 21.3 Å². The Morgan fingerprint density at radius 1 is 1.24 bits per heavy atom. The second kappa shape index (κ2) is 8.90. The molecule has 2 aliphatic rings.